The lowest BCUT2D eigenvalue weighted by atomic mass is 10.0. The molecule has 0 aliphatic carbocycles. The lowest BCUT2D eigenvalue weighted by molar-refractivity contribution is -0.137. The fourth-order valence-electron chi connectivity index (χ4n) is 2.72. The quantitative estimate of drug-likeness (QED) is 0.648. The molecule has 30 heavy (non-hydrogen) atoms. The molecule has 164 valence electrons. The van der Waals surface area contributed by atoms with Crippen molar-refractivity contribution in [1.82, 2.24) is 5.32 Å². The molecule has 2 rings (SSSR count). The summed E-state index contributed by atoms with van der Waals surface area (Å²) in [4.78, 5) is 12.0. The van der Waals surface area contributed by atoms with Gasteiger partial charge in [0.05, 0.1) is 18.2 Å². The van der Waals surface area contributed by atoms with E-state index in [1.165, 1.54) is 12.1 Å². The van der Waals surface area contributed by atoms with E-state index in [9.17, 15) is 23.1 Å². The van der Waals surface area contributed by atoms with Crippen LogP contribution in [-0.2, 0) is 10.9 Å². The number of carbonyl (C=O) groups excluding carboxylic acids is 1. The van der Waals surface area contributed by atoms with Crippen LogP contribution in [0, 0.1) is 0 Å². The van der Waals surface area contributed by atoms with Gasteiger partial charge in [-0.25, -0.2) is 4.79 Å². The van der Waals surface area contributed by atoms with Crippen LogP contribution in [0.1, 0.15) is 44.4 Å². The molecule has 2 aromatic rings. The molecule has 0 bridgehead atoms. The third-order valence-electron chi connectivity index (χ3n) is 4.07. The van der Waals surface area contributed by atoms with Crippen LogP contribution in [0.4, 0.5) is 18.0 Å². The summed E-state index contributed by atoms with van der Waals surface area (Å²) in [6, 6.07) is 12.7. The van der Waals surface area contributed by atoms with Crippen molar-refractivity contribution in [2.75, 3.05) is 6.61 Å². The number of aliphatic hydroxyl groups is 1. The number of amides is 1. The highest BCUT2D eigenvalue weighted by molar-refractivity contribution is 5.68. The molecule has 0 aliphatic heterocycles. The van der Waals surface area contributed by atoms with E-state index in [0.717, 1.165) is 17.7 Å². The lowest BCUT2D eigenvalue weighted by Gasteiger charge is -2.26. The van der Waals surface area contributed by atoms with E-state index in [-0.39, 0.29) is 18.8 Å². The molecule has 0 fully saturated rings. The third-order valence-corrected chi connectivity index (χ3v) is 4.07. The van der Waals surface area contributed by atoms with Gasteiger partial charge in [0.25, 0.3) is 0 Å². The summed E-state index contributed by atoms with van der Waals surface area (Å²) in [5, 5.41) is 12.3. The summed E-state index contributed by atoms with van der Waals surface area (Å²) in [7, 11) is 0. The van der Waals surface area contributed by atoms with Crippen molar-refractivity contribution in [3.63, 3.8) is 0 Å². The summed E-state index contributed by atoms with van der Waals surface area (Å²) in [6.07, 6.45) is -5.55. The van der Waals surface area contributed by atoms with Gasteiger partial charge in [-0.15, -0.1) is 0 Å². The molecule has 8 heteroatoms. The van der Waals surface area contributed by atoms with E-state index in [4.69, 9.17) is 9.47 Å². The molecule has 0 unspecified atom stereocenters. The minimum absolute atomic E-state index is 0.181. The van der Waals surface area contributed by atoms with Gasteiger partial charge in [-0.1, -0.05) is 30.3 Å². The molecule has 0 aromatic heterocycles. The number of alkyl carbamates (subject to hydrolysis) is 1. The molecule has 1 amide bonds. The van der Waals surface area contributed by atoms with E-state index in [2.05, 4.69) is 5.32 Å². The number of ether oxygens (including phenoxy) is 2. The molecule has 0 saturated carbocycles. The first-order valence-corrected chi connectivity index (χ1v) is 9.47. The smallest absolute Gasteiger partial charge is 0.416 e. The predicted octanol–water partition coefficient (Wildman–Crippen LogP) is 5.10. The Morgan fingerprint density at radius 1 is 1.03 bits per heavy atom. The Labute approximate surface area is 173 Å². The summed E-state index contributed by atoms with van der Waals surface area (Å²) < 4.78 is 49.5. The van der Waals surface area contributed by atoms with Crippen molar-refractivity contribution in [2.24, 2.45) is 0 Å². The molecular weight excluding hydrogens is 399 g/mol. The number of rotatable bonds is 7. The zero-order valence-electron chi connectivity index (χ0n) is 17.1. The Morgan fingerprint density at radius 3 is 2.13 bits per heavy atom. The number of aliphatic hydroxyl groups excluding tert-OH is 1. The van der Waals surface area contributed by atoms with Gasteiger partial charge in [0.2, 0.25) is 0 Å². The van der Waals surface area contributed by atoms with Gasteiger partial charge in [0.15, 0.2) is 0 Å². The molecule has 0 spiro atoms. The normalized spacial score (nSPS) is 14.0. The SMILES string of the molecule is CC(C)(C)OC(=O)N[C@H](CO)C[C@@H](Oc1ccc(C(F)(F)F)cc1)c1ccccc1. The van der Waals surface area contributed by atoms with Crippen LogP contribution in [0.5, 0.6) is 5.75 Å². The van der Waals surface area contributed by atoms with Gasteiger partial charge in [-0.05, 0) is 50.6 Å². The molecule has 2 aromatic carbocycles. The second kappa shape index (κ2) is 9.84. The van der Waals surface area contributed by atoms with Gasteiger partial charge in [-0.2, -0.15) is 13.2 Å². The summed E-state index contributed by atoms with van der Waals surface area (Å²) in [5.74, 6) is 0.241. The zero-order chi connectivity index (χ0) is 22.4. The van der Waals surface area contributed by atoms with E-state index in [1.54, 1.807) is 45.0 Å². The predicted molar refractivity (Wildman–Crippen MR) is 106 cm³/mol. The standard InChI is InChI=1S/C22H26F3NO4/c1-21(2,3)30-20(28)26-17(14-27)13-19(15-7-5-4-6-8-15)29-18-11-9-16(10-12-18)22(23,24)25/h4-12,17,19,27H,13-14H2,1-3H3,(H,26,28)/t17-,19+/m0/s1. The summed E-state index contributed by atoms with van der Waals surface area (Å²) >= 11 is 0. The second-order valence-corrected chi connectivity index (χ2v) is 7.80. The molecule has 0 saturated heterocycles. The maximum atomic E-state index is 12.8. The van der Waals surface area contributed by atoms with Crippen LogP contribution in [0.3, 0.4) is 0 Å². The number of halogens is 3. The second-order valence-electron chi connectivity index (χ2n) is 7.80. The largest absolute Gasteiger partial charge is 0.486 e. The first-order valence-electron chi connectivity index (χ1n) is 9.47. The van der Waals surface area contributed by atoms with E-state index in [1.807, 2.05) is 6.07 Å². The van der Waals surface area contributed by atoms with Crippen molar-refractivity contribution >= 4 is 6.09 Å². The van der Waals surface area contributed by atoms with Crippen molar-refractivity contribution in [3.8, 4) is 5.75 Å². The number of alkyl halides is 3. The first-order chi connectivity index (χ1) is 14.0. The Hall–Kier alpha value is -2.74. The van der Waals surface area contributed by atoms with Crippen LogP contribution < -0.4 is 10.1 Å². The van der Waals surface area contributed by atoms with Crippen molar-refractivity contribution in [3.05, 3.63) is 65.7 Å². The summed E-state index contributed by atoms with van der Waals surface area (Å²) in [6.45, 7) is 4.81. The lowest BCUT2D eigenvalue weighted by Crippen LogP contribution is -2.42. The molecular formula is C22H26F3NO4. The molecule has 0 radical (unpaired) electrons. The zero-order valence-corrected chi connectivity index (χ0v) is 17.1. The van der Waals surface area contributed by atoms with Crippen molar-refractivity contribution in [2.45, 2.75) is 51.1 Å². The first kappa shape index (κ1) is 23.5. The molecule has 5 nitrogen and oxygen atoms in total. The number of nitrogens with one attached hydrogen (secondary N) is 1. The Bertz CT molecular complexity index is 802. The number of hydrogen-bond donors (Lipinski definition) is 2. The average Bonchev–Trinajstić information content (AvgIpc) is 2.65. The van der Waals surface area contributed by atoms with Crippen LogP contribution in [0.25, 0.3) is 0 Å². The van der Waals surface area contributed by atoms with Crippen LogP contribution in [0.2, 0.25) is 0 Å². The van der Waals surface area contributed by atoms with Crippen LogP contribution in [-0.4, -0.2) is 29.4 Å². The molecule has 2 atom stereocenters. The van der Waals surface area contributed by atoms with Gasteiger partial charge in [-0.3, -0.25) is 0 Å². The van der Waals surface area contributed by atoms with E-state index < -0.39 is 35.6 Å². The maximum absolute atomic E-state index is 12.8. The van der Waals surface area contributed by atoms with Gasteiger partial charge < -0.3 is 19.9 Å². The van der Waals surface area contributed by atoms with Gasteiger partial charge in [0, 0.05) is 6.42 Å². The highest BCUT2D eigenvalue weighted by Crippen LogP contribution is 2.32. The van der Waals surface area contributed by atoms with Gasteiger partial charge in [0.1, 0.15) is 17.5 Å². The molecule has 2 N–H and O–H groups in total. The van der Waals surface area contributed by atoms with E-state index in [0.29, 0.717) is 0 Å². The monoisotopic (exact) mass is 425 g/mol. The molecule has 0 heterocycles. The highest BCUT2D eigenvalue weighted by Gasteiger charge is 2.30. The third kappa shape index (κ3) is 7.59. The number of hydrogen-bond acceptors (Lipinski definition) is 4. The Morgan fingerprint density at radius 2 is 1.63 bits per heavy atom. The average molecular weight is 425 g/mol. The van der Waals surface area contributed by atoms with E-state index >= 15 is 0 Å². The molecule has 0 aliphatic rings. The minimum atomic E-state index is -4.43. The number of carbonyl (C=O) groups is 1. The fourth-order valence-corrected chi connectivity index (χ4v) is 2.72. The fraction of sp³-hybridized carbons (Fsp3) is 0.409. The minimum Gasteiger partial charge on any atom is -0.486 e. The van der Waals surface area contributed by atoms with Crippen molar-refractivity contribution in [1.29, 1.82) is 0 Å². The maximum Gasteiger partial charge on any atom is 0.416 e. The van der Waals surface area contributed by atoms with Gasteiger partial charge >= 0.3 is 12.3 Å². The highest BCUT2D eigenvalue weighted by atomic mass is 19.4. The Balaban J connectivity index is 2.16. The Kier molecular flexibility index (Phi) is 7.72. The summed E-state index contributed by atoms with van der Waals surface area (Å²) in [5.41, 5.74) is -0.715. The topological polar surface area (TPSA) is 67.8 Å². The van der Waals surface area contributed by atoms with Crippen LogP contribution in [0.15, 0.2) is 54.6 Å². The number of benzene rings is 2. The van der Waals surface area contributed by atoms with Crippen molar-refractivity contribution < 1.29 is 32.5 Å². The van der Waals surface area contributed by atoms with Crippen LogP contribution >= 0.6 is 0 Å².